The zero-order chi connectivity index (χ0) is 19.8. The van der Waals surface area contributed by atoms with Crippen LogP contribution in [0.1, 0.15) is 33.4 Å². The average molecular weight is 373 g/mol. The van der Waals surface area contributed by atoms with Crippen LogP contribution in [0.15, 0.2) is 18.3 Å². The van der Waals surface area contributed by atoms with Crippen molar-refractivity contribution in [3.8, 4) is 0 Å². The fourth-order valence-electron chi connectivity index (χ4n) is 3.60. The van der Waals surface area contributed by atoms with E-state index in [9.17, 15) is 9.90 Å². The Kier molecular flexibility index (Phi) is 4.95. The van der Waals surface area contributed by atoms with Gasteiger partial charge in [0.15, 0.2) is 0 Å². The SMILES string of the molecule is Cc1cc(Nc2ccn[nH]2)nc(N2C[C@@H](C)[C@@H](N(C(=O)O)C(C)(C)C)C2)n1. The first-order chi connectivity index (χ1) is 12.6. The Morgan fingerprint density at radius 1 is 1.37 bits per heavy atom. The van der Waals surface area contributed by atoms with Gasteiger partial charge in [-0.3, -0.25) is 10.00 Å². The van der Waals surface area contributed by atoms with Crippen molar-refractivity contribution in [1.82, 2.24) is 25.1 Å². The Morgan fingerprint density at radius 2 is 2.11 bits per heavy atom. The molecule has 1 aliphatic heterocycles. The molecule has 3 heterocycles. The number of carboxylic acid groups (broad SMARTS) is 1. The molecular formula is C18H27N7O2. The fourth-order valence-corrected chi connectivity index (χ4v) is 3.60. The Morgan fingerprint density at radius 3 is 2.70 bits per heavy atom. The number of hydrogen-bond donors (Lipinski definition) is 3. The Bertz CT molecular complexity index is 801. The molecule has 146 valence electrons. The van der Waals surface area contributed by atoms with Gasteiger partial charge in [0, 0.05) is 36.5 Å². The van der Waals surface area contributed by atoms with Crippen LogP contribution < -0.4 is 10.2 Å². The number of anilines is 3. The van der Waals surface area contributed by atoms with Gasteiger partial charge in [0.25, 0.3) is 0 Å². The standard InChI is InChI=1S/C18H27N7O2/c1-11-9-24(10-13(11)25(17(26)27)18(3,4)5)16-20-12(2)8-15(22-16)21-14-6-7-19-23-14/h6-8,11,13H,9-10H2,1-5H3,(H,26,27)(H2,19,20,21,22,23)/t11-,13+/m1/s1. The fraction of sp³-hybridized carbons (Fsp3) is 0.556. The molecule has 2 aromatic rings. The predicted molar refractivity (Wildman–Crippen MR) is 103 cm³/mol. The van der Waals surface area contributed by atoms with Crippen LogP contribution in [0.2, 0.25) is 0 Å². The van der Waals surface area contributed by atoms with Crippen molar-refractivity contribution >= 4 is 23.7 Å². The molecule has 2 atom stereocenters. The van der Waals surface area contributed by atoms with Gasteiger partial charge >= 0.3 is 6.09 Å². The molecule has 0 bridgehead atoms. The predicted octanol–water partition coefficient (Wildman–Crippen LogP) is 2.85. The van der Waals surface area contributed by atoms with Crippen molar-refractivity contribution in [2.75, 3.05) is 23.3 Å². The second-order valence-electron chi connectivity index (χ2n) is 8.06. The molecule has 2 aromatic heterocycles. The summed E-state index contributed by atoms with van der Waals surface area (Å²) in [7, 11) is 0. The minimum absolute atomic E-state index is 0.115. The third-order valence-corrected chi connectivity index (χ3v) is 4.72. The summed E-state index contributed by atoms with van der Waals surface area (Å²) >= 11 is 0. The molecule has 3 rings (SSSR count). The second kappa shape index (κ2) is 7.05. The first kappa shape index (κ1) is 18.9. The number of hydrogen-bond acceptors (Lipinski definition) is 6. The summed E-state index contributed by atoms with van der Waals surface area (Å²) < 4.78 is 0. The molecule has 0 saturated carbocycles. The Labute approximate surface area is 158 Å². The molecular weight excluding hydrogens is 346 g/mol. The molecule has 0 unspecified atom stereocenters. The minimum Gasteiger partial charge on any atom is -0.465 e. The number of amides is 1. The van der Waals surface area contributed by atoms with Gasteiger partial charge in [-0.05, 0) is 33.6 Å². The number of aromatic amines is 1. The quantitative estimate of drug-likeness (QED) is 0.756. The van der Waals surface area contributed by atoms with Gasteiger partial charge in [0.05, 0.1) is 12.2 Å². The van der Waals surface area contributed by atoms with Crippen LogP contribution in [0.3, 0.4) is 0 Å². The Hall–Kier alpha value is -2.84. The summed E-state index contributed by atoms with van der Waals surface area (Å²) in [5.74, 6) is 2.19. The zero-order valence-corrected chi connectivity index (χ0v) is 16.4. The molecule has 1 amide bonds. The van der Waals surface area contributed by atoms with Crippen molar-refractivity contribution in [2.45, 2.75) is 46.2 Å². The van der Waals surface area contributed by atoms with E-state index in [1.165, 1.54) is 0 Å². The van der Waals surface area contributed by atoms with Crippen molar-refractivity contribution in [3.05, 3.63) is 24.0 Å². The van der Waals surface area contributed by atoms with Crippen molar-refractivity contribution in [2.24, 2.45) is 5.92 Å². The summed E-state index contributed by atoms with van der Waals surface area (Å²) in [5.41, 5.74) is 0.366. The molecule has 1 saturated heterocycles. The third kappa shape index (κ3) is 4.12. The highest BCUT2D eigenvalue weighted by Gasteiger charge is 2.42. The molecule has 0 aromatic carbocycles. The normalized spacial score (nSPS) is 20.0. The maximum absolute atomic E-state index is 11.9. The molecule has 0 aliphatic carbocycles. The van der Waals surface area contributed by atoms with Gasteiger partial charge in [-0.1, -0.05) is 6.92 Å². The lowest BCUT2D eigenvalue weighted by molar-refractivity contribution is 0.0647. The molecule has 0 spiro atoms. The van der Waals surface area contributed by atoms with Gasteiger partial charge in [0.1, 0.15) is 11.6 Å². The smallest absolute Gasteiger partial charge is 0.408 e. The van der Waals surface area contributed by atoms with Crippen molar-refractivity contribution in [1.29, 1.82) is 0 Å². The minimum atomic E-state index is -0.895. The largest absolute Gasteiger partial charge is 0.465 e. The highest BCUT2D eigenvalue weighted by atomic mass is 16.4. The van der Waals surface area contributed by atoms with Crippen LogP contribution in [-0.2, 0) is 0 Å². The molecule has 0 radical (unpaired) electrons. The number of nitrogens with one attached hydrogen (secondary N) is 2. The summed E-state index contributed by atoms with van der Waals surface area (Å²) in [6.45, 7) is 11.0. The average Bonchev–Trinajstić information content (AvgIpc) is 3.16. The maximum Gasteiger partial charge on any atom is 0.408 e. The van der Waals surface area contributed by atoms with Crippen LogP contribution in [-0.4, -0.2) is 60.9 Å². The van der Waals surface area contributed by atoms with Crippen LogP contribution in [0.25, 0.3) is 0 Å². The van der Waals surface area contributed by atoms with Gasteiger partial charge in [-0.25, -0.2) is 9.78 Å². The molecule has 27 heavy (non-hydrogen) atoms. The van der Waals surface area contributed by atoms with E-state index in [0.29, 0.717) is 24.9 Å². The topological polar surface area (TPSA) is 110 Å². The van der Waals surface area contributed by atoms with Gasteiger partial charge in [-0.15, -0.1) is 0 Å². The number of aromatic nitrogens is 4. The van der Waals surface area contributed by atoms with Crippen molar-refractivity contribution in [3.63, 3.8) is 0 Å². The van der Waals surface area contributed by atoms with E-state index in [1.54, 1.807) is 11.1 Å². The zero-order valence-electron chi connectivity index (χ0n) is 16.4. The van der Waals surface area contributed by atoms with Gasteiger partial charge in [-0.2, -0.15) is 10.1 Å². The first-order valence-corrected chi connectivity index (χ1v) is 9.04. The maximum atomic E-state index is 11.9. The lowest BCUT2D eigenvalue weighted by Gasteiger charge is -2.39. The summed E-state index contributed by atoms with van der Waals surface area (Å²) in [6.07, 6.45) is 0.768. The number of carbonyl (C=O) groups is 1. The van der Waals surface area contributed by atoms with E-state index in [2.05, 4.69) is 37.3 Å². The molecule has 9 heteroatoms. The molecule has 9 nitrogen and oxygen atoms in total. The number of H-pyrrole nitrogens is 1. The Balaban J connectivity index is 1.83. The molecule has 1 aliphatic rings. The van der Waals surface area contributed by atoms with E-state index < -0.39 is 11.6 Å². The third-order valence-electron chi connectivity index (χ3n) is 4.72. The number of nitrogens with zero attached hydrogens (tertiary/aromatic N) is 5. The second-order valence-corrected chi connectivity index (χ2v) is 8.06. The van der Waals surface area contributed by atoms with Gasteiger partial charge < -0.3 is 15.3 Å². The number of rotatable bonds is 4. The summed E-state index contributed by atoms with van der Waals surface area (Å²) in [4.78, 5) is 24.7. The first-order valence-electron chi connectivity index (χ1n) is 9.04. The molecule has 1 fully saturated rings. The lowest BCUT2D eigenvalue weighted by Crippen LogP contribution is -2.53. The van der Waals surface area contributed by atoms with Gasteiger partial charge in [0.2, 0.25) is 5.95 Å². The van der Waals surface area contributed by atoms with E-state index in [4.69, 9.17) is 0 Å². The van der Waals surface area contributed by atoms with E-state index >= 15 is 0 Å². The van der Waals surface area contributed by atoms with E-state index in [0.717, 1.165) is 11.5 Å². The monoisotopic (exact) mass is 373 g/mol. The lowest BCUT2D eigenvalue weighted by atomic mass is 9.98. The van der Waals surface area contributed by atoms with Crippen LogP contribution in [0.4, 0.5) is 22.4 Å². The van der Waals surface area contributed by atoms with Crippen LogP contribution >= 0.6 is 0 Å². The van der Waals surface area contributed by atoms with E-state index in [1.807, 2.05) is 39.8 Å². The molecule has 3 N–H and O–H groups in total. The van der Waals surface area contributed by atoms with Crippen LogP contribution in [0, 0.1) is 12.8 Å². The van der Waals surface area contributed by atoms with Crippen LogP contribution in [0.5, 0.6) is 0 Å². The number of aryl methyl sites for hydroxylation is 1. The highest BCUT2D eigenvalue weighted by Crippen LogP contribution is 2.30. The van der Waals surface area contributed by atoms with Crippen molar-refractivity contribution < 1.29 is 9.90 Å². The summed E-state index contributed by atoms with van der Waals surface area (Å²) in [6, 6.07) is 3.56. The summed E-state index contributed by atoms with van der Waals surface area (Å²) in [5, 5.41) is 19.7. The van der Waals surface area contributed by atoms with E-state index in [-0.39, 0.29) is 12.0 Å². The highest BCUT2D eigenvalue weighted by molar-refractivity contribution is 5.67.